The second kappa shape index (κ2) is 13.1. The SMILES string of the molecule is CCCNC(=O)[C@H](C)N(Cc1ccc(Cl)c(Cl)c1)C(=O)CCCN(C)S(=O)(=O)c1ccccc1. The zero-order chi connectivity index (χ0) is 25.3. The maximum Gasteiger partial charge on any atom is 0.242 e. The second-order valence-electron chi connectivity index (χ2n) is 7.98. The monoisotopic (exact) mass is 527 g/mol. The van der Waals surface area contributed by atoms with Crippen LogP contribution in [0.4, 0.5) is 0 Å². The predicted octanol–water partition coefficient (Wildman–Crippen LogP) is 4.34. The van der Waals surface area contributed by atoms with Gasteiger partial charge in [-0.05, 0) is 49.6 Å². The van der Waals surface area contributed by atoms with Gasteiger partial charge in [-0.2, -0.15) is 0 Å². The molecule has 0 spiro atoms. The van der Waals surface area contributed by atoms with Crippen molar-refractivity contribution in [2.75, 3.05) is 20.1 Å². The minimum Gasteiger partial charge on any atom is -0.354 e. The van der Waals surface area contributed by atoms with Crippen molar-refractivity contribution in [1.82, 2.24) is 14.5 Å². The number of benzene rings is 2. The Morgan fingerprint density at radius 2 is 1.74 bits per heavy atom. The van der Waals surface area contributed by atoms with Crippen LogP contribution in [0.3, 0.4) is 0 Å². The Hall–Kier alpha value is -2.13. The molecule has 0 radical (unpaired) electrons. The van der Waals surface area contributed by atoms with Gasteiger partial charge in [0.1, 0.15) is 6.04 Å². The van der Waals surface area contributed by atoms with Crippen LogP contribution in [0.2, 0.25) is 10.0 Å². The Morgan fingerprint density at radius 3 is 2.35 bits per heavy atom. The van der Waals surface area contributed by atoms with E-state index < -0.39 is 16.1 Å². The molecular formula is C24H31Cl2N3O4S. The van der Waals surface area contributed by atoms with Gasteiger partial charge in [0, 0.05) is 33.1 Å². The molecule has 0 aliphatic heterocycles. The van der Waals surface area contributed by atoms with E-state index in [1.165, 1.54) is 28.4 Å². The highest BCUT2D eigenvalue weighted by Crippen LogP contribution is 2.24. The molecule has 0 fully saturated rings. The summed E-state index contributed by atoms with van der Waals surface area (Å²) in [5, 5.41) is 3.58. The molecule has 10 heteroatoms. The summed E-state index contributed by atoms with van der Waals surface area (Å²) in [7, 11) is -2.15. The number of carbonyl (C=O) groups is 2. The lowest BCUT2D eigenvalue weighted by molar-refractivity contribution is -0.140. The highest BCUT2D eigenvalue weighted by molar-refractivity contribution is 7.89. The Morgan fingerprint density at radius 1 is 1.06 bits per heavy atom. The van der Waals surface area contributed by atoms with E-state index in [1.54, 1.807) is 43.3 Å². The van der Waals surface area contributed by atoms with E-state index in [1.807, 2.05) is 6.92 Å². The number of hydrogen-bond acceptors (Lipinski definition) is 4. The summed E-state index contributed by atoms with van der Waals surface area (Å²) in [5.74, 6) is -0.505. The van der Waals surface area contributed by atoms with E-state index in [0.29, 0.717) is 23.0 Å². The van der Waals surface area contributed by atoms with Gasteiger partial charge in [0.25, 0.3) is 0 Å². The summed E-state index contributed by atoms with van der Waals surface area (Å²) < 4.78 is 26.6. The molecule has 0 saturated carbocycles. The van der Waals surface area contributed by atoms with E-state index >= 15 is 0 Å². The number of carbonyl (C=O) groups excluding carboxylic acids is 2. The molecule has 2 amide bonds. The van der Waals surface area contributed by atoms with Crippen LogP contribution in [0.25, 0.3) is 0 Å². The largest absolute Gasteiger partial charge is 0.354 e. The molecule has 1 N–H and O–H groups in total. The number of amides is 2. The van der Waals surface area contributed by atoms with Crippen molar-refractivity contribution in [3.63, 3.8) is 0 Å². The van der Waals surface area contributed by atoms with Crippen LogP contribution >= 0.6 is 23.2 Å². The Kier molecular flexibility index (Phi) is 10.8. The number of hydrogen-bond donors (Lipinski definition) is 1. The van der Waals surface area contributed by atoms with Crippen LogP contribution in [-0.2, 0) is 26.2 Å². The van der Waals surface area contributed by atoms with Crippen LogP contribution < -0.4 is 5.32 Å². The number of rotatable bonds is 12. The molecule has 0 bridgehead atoms. The van der Waals surface area contributed by atoms with Crippen LogP contribution in [0, 0.1) is 0 Å². The lowest BCUT2D eigenvalue weighted by Gasteiger charge is -2.29. The number of nitrogens with one attached hydrogen (secondary N) is 1. The quantitative estimate of drug-likeness (QED) is 0.444. The molecule has 34 heavy (non-hydrogen) atoms. The van der Waals surface area contributed by atoms with Gasteiger partial charge in [0.05, 0.1) is 14.9 Å². The van der Waals surface area contributed by atoms with Crippen molar-refractivity contribution < 1.29 is 18.0 Å². The highest BCUT2D eigenvalue weighted by Gasteiger charge is 2.26. The first-order chi connectivity index (χ1) is 16.1. The topological polar surface area (TPSA) is 86.8 Å². The molecule has 0 aromatic heterocycles. The second-order valence-corrected chi connectivity index (χ2v) is 10.8. The smallest absolute Gasteiger partial charge is 0.242 e. The van der Waals surface area contributed by atoms with Crippen LogP contribution in [0.15, 0.2) is 53.4 Å². The predicted molar refractivity (Wildman–Crippen MR) is 135 cm³/mol. The van der Waals surface area contributed by atoms with Gasteiger partial charge in [0.15, 0.2) is 0 Å². The van der Waals surface area contributed by atoms with Gasteiger partial charge in [0.2, 0.25) is 21.8 Å². The molecule has 2 aromatic carbocycles. The normalized spacial score (nSPS) is 12.4. The van der Waals surface area contributed by atoms with Crippen LogP contribution in [0.1, 0.15) is 38.7 Å². The summed E-state index contributed by atoms with van der Waals surface area (Å²) in [6, 6.07) is 12.5. The summed E-state index contributed by atoms with van der Waals surface area (Å²) in [5.41, 5.74) is 0.738. The first kappa shape index (κ1) is 28.1. The van der Waals surface area contributed by atoms with E-state index in [9.17, 15) is 18.0 Å². The molecule has 0 unspecified atom stereocenters. The van der Waals surface area contributed by atoms with E-state index in [2.05, 4.69) is 5.32 Å². The average molecular weight is 529 g/mol. The third-order valence-corrected chi connectivity index (χ3v) is 7.98. The summed E-state index contributed by atoms with van der Waals surface area (Å²) in [6.45, 7) is 4.48. The summed E-state index contributed by atoms with van der Waals surface area (Å²) >= 11 is 12.1. The zero-order valence-electron chi connectivity index (χ0n) is 19.6. The Labute approximate surface area is 212 Å². The number of nitrogens with zero attached hydrogens (tertiary/aromatic N) is 2. The van der Waals surface area contributed by atoms with Crippen molar-refractivity contribution in [3.8, 4) is 0 Å². The maximum absolute atomic E-state index is 13.1. The van der Waals surface area contributed by atoms with Crippen molar-refractivity contribution >= 4 is 45.0 Å². The number of sulfonamides is 1. The van der Waals surface area contributed by atoms with Crippen LogP contribution in [-0.4, -0.2) is 55.6 Å². The van der Waals surface area contributed by atoms with Gasteiger partial charge >= 0.3 is 0 Å². The van der Waals surface area contributed by atoms with Crippen molar-refractivity contribution in [2.45, 2.75) is 50.6 Å². The van der Waals surface area contributed by atoms with Gasteiger partial charge in [-0.1, -0.05) is 54.4 Å². The van der Waals surface area contributed by atoms with Gasteiger partial charge in [-0.25, -0.2) is 12.7 Å². The van der Waals surface area contributed by atoms with Crippen molar-refractivity contribution in [1.29, 1.82) is 0 Å². The van der Waals surface area contributed by atoms with Gasteiger partial charge in [-0.3, -0.25) is 9.59 Å². The minimum absolute atomic E-state index is 0.0847. The molecule has 0 aliphatic carbocycles. The lowest BCUT2D eigenvalue weighted by Crippen LogP contribution is -2.47. The molecule has 0 saturated heterocycles. The molecule has 2 rings (SSSR count). The van der Waals surface area contributed by atoms with Gasteiger partial charge in [-0.15, -0.1) is 0 Å². The fourth-order valence-corrected chi connectivity index (χ4v) is 4.85. The first-order valence-electron chi connectivity index (χ1n) is 11.1. The van der Waals surface area contributed by atoms with E-state index in [0.717, 1.165) is 12.0 Å². The van der Waals surface area contributed by atoms with Crippen LogP contribution in [0.5, 0.6) is 0 Å². The third-order valence-electron chi connectivity index (χ3n) is 5.37. The standard InChI is InChI=1S/C24H31Cl2N3O4S/c1-4-14-27-24(31)18(2)29(17-19-12-13-21(25)22(26)16-19)23(30)11-8-15-28(3)34(32,33)20-9-6-5-7-10-20/h5-7,9-10,12-13,16,18H,4,8,11,14-15,17H2,1-3H3,(H,27,31)/t18-/m0/s1. The summed E-state index contributed by atoms with van der Waals surface area (Å²) in [4.78, 5) is 27.4. The molecule has 186 valence electrons. The van der Waals surface area contributed by atoms with Crippen molar-refractivity contribution in [3.05, 3.63) is 64.1 Å². The number of halogens is 2. The molecule has 1 atom stereocenters. The van der Waals surface area contributed by atoms with Gasteiger partial charge < -0.3 is 10.2 Å². The lowest BCUT2D eigenvalue weighted by atomic mass is 10.1. The first-order valence-corrected chi connectivity index (χ1v) is 13.3. The molecular weight excluding hydrogens is 497 g/mol. The van der Waals surface area contributed by atoms with Crippen molar-refractivity contribution in [2.24, 2.45) is 0 Å². The maximum atomic E-state index is 13.1. The minimum atomic E-state index is -3.64. The summed E-state index contributed by atoms with van der Waals surface area (Å²) in [6.07, 6.45) is 1.17. The van der Waals surface area contributed by atoms with E-state index in [4.69, 9.17) is 23.2 Å². The fourth-order valence-electron chi connectivity index (χ4n) is 3.30. The molecule has 7 nitrogen and oxygen atoms in total. The molecule has 0 heterocycles. The molecule has 0 aliphatic rings. The Balaban J connectivity index is 2.09. The van der Waals surface area contributed by atoms with E-state index in [-0.39, 0.29) is 36.2 Å². The zero-order valence-corrected chi connectivity index (χ0v) is 22.0. The average Bonchev–Trinajstić information content (AvgIpc) is 2.83. The Bertz CT molecular complexity index is 1080. The third kappa shape index (κ3) is 7.70. The fraction of sp³-hybridized carbons (Fsp3) is 0.417. The molecule has 2 aromatic rings. The highest BCUT2D eigenvalue weighted by atomic mass is 35.5.